The molecule has 0 amide bonds. The quantitative estimate of drug-likeness (QED) is 0.712. The van der Waals surface area contributed by atoms with Crippen LogP contribution >= 0.6 is 9.24 Å². The lowest BCUT2D eigenvalue weighted by atomic mass is 10.1. The Morgan fingerprint density at radius 1 is 1.42 bits per heavy atom. The SMILES string of the molecule is CC(P)c1ccc(C(=O)O)cc1. The second kappa shape index (κ2) is 3.68. The molecule has 2 nitrogen and oxygen atoms in total. The molecule has 0 aliphatic heterocycles. The highest BCUT2D eigenvalue weighted by Gasteiger charge is 2.02. The molecule has 0 saturated carbocycles. The van der Waals surface area contributed by atoms with Crippen LogP contribution in [0.4, 0.5) is 0 Å². The first kappa shape index (κ1) is 9.21. The number of aromatic carboxylic acids is 1. The highest BCUT2D eigenvalue weighted by atomic mass is 31.0. The van der Waals surface area contributed by atoms with Crippen LogP contribution < -0.4 is 0 Å². The molecule has 64 valence electrons. The van der Waals surface area contributed by atoms with Crippen LogP contribution in [0.5, 0.6) is 0 Å². The van der Waals surface area contributed by atoms with Gasteiger partial charge in [-0.05, 0) is 23.4 Å². The van der Waals surface area contributed by atoms with E-state index in [4.69, 9.17) is 5.11 Å². The number of carboxylic acid groups (broad SMARTS) is 1. The monoisotopic (exact) mass is 182 g/mol. The molecule has 0 heterocycles. The number of rotatable bonds is 2. The maximum absolute atomic E-state index is 10.5. The fourth-order valence-electron chi connectivity index (χ4n) is 0.929. The Morgan fingerprint density at radius 3 is 2.25 bits per heavy atom. The van der Waals surface area contributed by atoms with Gasteiger partial charge in [0.15, 0.2) is 0 Å². The van der Waals surface area contributed by atoms with Gasteiger partial charge in [-0.3, -0.25) is 0 Å². The van der Waals surface area contributed by atoms with Crippen molar-refractivity contribution in [2.75, 3.05) is 0 Å². The molecule has 1 N–H and O–H groups in total. The van der Waals surface area contributed by atoms with E-state index < -0.39 is 5.97 Å². The van der Waals surface area contributed by atoms with E-state index in [1.807, 2.05) is 19.1 Å². The van der Waals surface area contributed by atoms with Crippen molar-refractivity contribution < 1.29 is 9.90 Å². The van der Waals surface area contributed by atoms with Crippen LogP contribution in [0, 0.1) is 0 Å². The summed E-state index contributed by atoms with van der Waals surface area (Å²) in [5, 5.41) is 8.61. The molecule has 1 aromatic rings. The molecule has 0 saturated heterocycles. The number of benzene rings is 1. The molecule has 1 aromatic carbocycles. The summed E-state index contributed by atoms with van der Waals surface area (Å²) in [6.45, 7) is 2.04. The molecule has 0 fully saturated rings. The summed E-state index contributed by atoms with van der Waals surface area (Å²) in [5.41, 5.74) is 1.84. The number of carbonyl (C=O) groups is 1. The first-order chi connectivity index (χ1) is 5.61. The van der Waals surface area contributed by atoms with E-state index in [2.05, 4.69) is 9.24 Å². The minimum absolute atomic E-state index is 0.337. The van der Waals surface area contributed by atoms with Crippen molar-refractivity contribution in [3.05, 3.63) is 35.4 Å². The van der Waals surface area contributed by atoms with Crippen LogP contribution in [0.25, 0.3) is 0 Å². The Hall–Kier alpha value is -0.880. The normalized spacial score (nSPS) is 12.5. The van der Waals surface area contributed by atoms with Gasteiger partial charge in [-0.2, -0.15) is 0 Å². The zero-order chi connectivity index (χ0) is 9.14. The Bertz CT molecular complexity index is 277. The highest BCUT2D eigenvalue weighted by molar-refractivity contribution is 7.17. The number of hydrogen-bond acceptors (Lipinski definition) is 1. The van der Waals surface area contributed by atoms with Gasteiger partial charge in [0.1, 0.15) is 0 Å². The van der Waals surface area contributed by atoms with E-state index in [1.165, 1.54) is 0 Å². The standard InChI is InChI=1S/C9H11O2P/c1-6(12)7-2-4-8(5-3-7)9(10)11/h2-6H,12H2,1H3,(H,10,11). The van der Waals surface area contributed by atoms with Gasteiger partial charge in [-0.1, -0.05) is 19.1 Å². The summed E-state index contributed by atoms with van der Waals surface area (Å²) in [4.78, 5) is 10.5. The molecular weight excluding hydrogens is 171 g/mol. The molecule has 2 atom stereocenters. The van der Waals surface area contributed by atoms with Gasteiger partial charge in [0.25, 0.3) is 0 Å². The maximum atomic E-state index is 10.5. The minimum atomic E-state index is -0.877. The average Bonchev–Trinajstić information content (AvgIpc) is 2.04. The van der Waals surface area contributed by atoms with Crippen molar-refractivity contribution in [1.29, 1.82) is 0 Å². The van der Waals surface area contributed by atoms with Gasteiger partial charge < -0.3 is 5.11 Å². The predicted molar refractivity (Wildman–Crippen MR) is 51.5 cm³/mol. The molecular formula is C9H11O2P. The summed E-state index contributed by atoms with van der Waals surface area (Å²) in [5.74, 6) is -0.877. The molecule has 3 heteroatoms. The van der Waals surface area contributed by atoms with Crippen LogP contribution in [0.3, 0.4) is 0 Å². The first-order valence-corrected chi connectivity index (χ1v) is 4.37. The number of carboxylic acids is 1. The second-order valence-electron chi connectivity index (χ2n) is 2.72. The number of hydrogen-bond donors (Lipinski definition) is 1. The third-order valence-electron chi connectivity index (χ3n) is 1.68. The first-order valence-electron chi connectivity index (χ1n) is 3.70. The third kappa shape index (κ3) is 2.05. The lowest BCUT2D eigenvalue weighted by molar-refractivity contribution is 0.0697. The summed E-state index contributed by atoms with van der Waals surface area (Å²) >= 11 is 0. The predicted octanol–water partition coefficient (Wildman–Crippen LogP) is 2.32. The van der Waals surface area contributed by atoms with Crippen molar-refractivity contribution in [3.63, 3.8) is 0 Å². The molecule has 0 aliphatic rings. The molecule has 0 spiro atoms. The van der Waals surface area contributed by atoms with Crippen molar-refractivity contribution >= 4 is 15.2 Å². The van der Waals surface area contributed by atoms with E-state index in [9.17, 15) is 4.79 Å². The average molecular weight is 182 g/mol. The molecule has 0 aliphatic carbocycles. The van der Waals surface area contributed by atoms with Gasteiger partial charge in [0, 0.05) is 0 Å². The van der Waals surface area contributed by atoms with Gasteiger partial charge in [0.2, 0.25) is 0 Å². The maximum Gasteiger partial charge on any atom is 0.335 e. The lowest BCUT2D eigenvalue weighted by Crippen LogP contribution is -1.95. The lowest BCUT2D eigenvalue weighted by Gasteiger charge is -2.03. The molecule has 2 unspecified atom stereocenters. The second-order valence-corrected chi connectivity index (χ2v) is 3.72. The fourth-order valence-corrected chi connectivity index (χ4v) is 1.15. The van der Waals surface area contributed by atoms with Gasteiger partial charge in [-0.25, -0.2) is 4.79 Å². The van der Waals surface area contributed by atoms with Gasteiger partial charge >= 0.3 is 5.97 Å². The molecule has 1 rings (SSSR count). The van der Waals surface area contributed by atoms with Crippen LogP contribution in [0.1, 0.15) is 28.5 Å². The molecule has 0 radical (unpaired) electrons. The van der Waals surface area contributed by atoms with Crippen molar-refractivity contribution in [3.8, 4) is 0 Å². The van der Waals surface area contributed by atoms with Crippen molar-refractivity contribution in [2.24, 2.45) is 0 Å². The third-order valence-corrected chi connectivity index (χ3v) is 2.07. The molecule has 12 heavy (non-hydrogen) atoms. The van der Waals surface area contributed by atoms with E-state index in [1.54, 1.807) is 12.1 Å². The van der Waals surface area contributed by atoms with Crippen molar-refractivity contribution in [1.82, 2.24) is 0 Å². The Balaban J connectivity index is 2.93. The van der Waals surface area contributed by atoms with E-state index in [0.717, 1.165) is 5.56 Å². The Labute approximate surface area is 73.8 Å². The molecule has 0 aromatic heterocycles. The van der Waals surface area contributed by atoms with Crippen LogP contribution in [0.2, 0.25) is 0 Å². The van der Waals surface area contributed by atoms with E-state index >= 15 is 0 Å². The van der Waals surface area contributed by atoms with Gasteiger partial charge in [-0.15, -0.1) is 9.24 Å². The zero-order valence-electron chi connectivity index (χ0n) is 6.82. The summed E-state index contributed by atoms with van der Waals surface area (Å²) in [7, 11) is 2.66. The van der Waals surface area contributed by atoms with Crippen LogP contribution in [-0.2, 0) is 0 Å². The zero-order valence-corrected chi connectivity index (χ0v) is 7.97. The van der Waals surface area contributed by atoms with Crippen LogP contribution in [-0.4, -0.2) is 11.1 Å². The topological polar surface area (TPSA) is 37.3 Å². The molecule has 0 bridgehead atoms. The fraction of sp³-hybridized carbons (Fsp3) is 0.222. The van der Waals surface area contributed by atoms with E-state index in [-0.39, 0.29) is 0 Å². The van der Waals surface area contributed by atoms with Gasteiger partial charge in [0.05, 0.1) is 5.56 Å². The summed E-state index contributed by atoms with van der Waals surface area (Å²) in [6, 6.07) is 6.92. The largest absolute Gasteiger partial charge is 0.478 e. The summed E-state index contributed by atoms with van der Waals surface area (Å²) in [6.07, 6.45) is 0. The minimum Gasteiger partial charge on any atom is -0.478 e. The van der Waals surface area contributed by atoms with Crippen molar-refractivity contribution in [2.45, 2.75) is 12.6 Å². The summed E-state index contributed by atoms with van der Waals surface area (Å²) < 4.78 is 0. The van der Waals surface area contributed by atoms with Crippen LogP contribution in [0.15, 0.2) is 24.3 Å². The smallest absolute Gasteiger partial charge is 0.335 e. The Kier molecular flexibility index (Phi) is 2.83. The Morgan fingerprint density at radius 2 is 1.92 bits per heavy atom. The highest BCUT2D eigenvalue weighted by Crippen LogP contribution is 2.21. The van der Waals surface area contributed by atoms with E-state index in [0.29, 0.717) is 11.2 Å².